The van der Waals surface area contributed by atoms with Crippen LogP contribution in [0.5, 0.6) is 0 Å². The highest BCUT2D eigenvalue weighted by Gasteiger charge is 2.15. The minimum Gasteiger partial charge on any atom is -0.323 e. The lowest BCUT2D eigenvalue weighted by molar-refractivity contribution is 0.494. The van der Waals surface area contributed by atoms with Gasteiger partial charge < -0.3 is 5.73 Å². The largest absolute Gasteiger partial charge is 0.323 e. The number of nitrogens with zero attached hydrogens (tertiary/aromatic N) is 2. The number of hydrogen-bond acceptors (Lipinski definition) is 2. The van der Waals surface area contributed by atoms with Gasteiger partial charge >= 0.3 is 0 Å². The van der Waals surface area contributed by atoms with Crippen molar-refractivity contribution in [3.8, 4) is 0 Å². The van der Waals surface area contributed by atoms with Crippen molar-refractivity contribution in [2.24, 2.45) is 5.73 Å². The van der Waals surface area contributed by atoms with E-state index in [0.717, 1.165) is 29.6 Å². The highest BCUT2D eigenvalue weighted by atomic mass is 79.9. The highest BCUT2D eigenvalue weighted by molar-refractivity contribution is 9.10. The lowest BCUT2D eigenvalue weighted by Crippen LogP contribution is -2.17. The molecular formula is C16H30BrN3. The van der Waals surface area contributed by atoms with E-state index in [4.69, 9.17) is 5.73 Å². The smallest absolute Gasteiger partial charge is 0.0693 e. The summed E-state index contributed by atoms with van der Waals surface area (Å²) in [5.74, 6) is 0. The number of aryl methyl sites for hydroxylation is 1. The van der Waals surface area contributed by atoms with E-state index >= 15 is 0 Å². The van der Waals surface area contributed by atoms with Crippen molar-refractivity contribution in [2.45, 2.75) is 84.2 Å². The third kappa shape index (κ3) is 5.96. The van der Waals surface area contributed by atoms with Gasteiger partial charge in [0.1, 0.15) is 0 Å². The topological polar surface area (TPSA) is 43.8 Å². The predicted octanol–water partition coefficient (Wildman–Crippen LogP) is 5.20. The molecule has 1 unspecified atom stereocenters. The monoisotopic (exact) mass is 343 g/mol. The lowest BCUT2D eigenvalue weighted by Gasteiger charge is -2.14. The first-order chi connectivity index (χ1) is 9.70. The Morgan fingerprint density at radius 1 is 1.10 bits per heavy atom. The molecule has 1 aromatic rings. The molecule has 1 heterocycles. The van der Waals surface area contributed by atoms with Crippen molar-refractivity contribution in [1.29, 1.82) is 0 Å². The maximum atomic E-state index is 6.34. The third-order valence-electron chi connectivity index (χ3n) is 3.74. The summed E-state index contributed by atoms with van der Waals surface area (Å²) in [6.07, 6.45) is 13.3. The normalized spacial score (nSPS) is 12.8. The molecule has 0 bridgehead atoms. The van der Waals surface area contributed by atoms with E-state index in [1.54, 1.807) is 0 Å². The summed E-state index contributed by atoms with van der Waals surface area (Å²) in [5.41, 5.74) is 7.51. The van der Waals surface area contributed by atoms with Gasteiger partial charge in [-0.2, -0.15) is 5.10 Å². The van der Waals surface area contributed by atoms with Gasteiger partial charge in [-0.1, -0.05) is 58.8 Å². The Labute approximate surface area is 132 Å². The summed E-state index contributed by atoms with van der Waals surface area (Å²) in [5, 5.41) is 4.39. The summed E-state index contributed by atoms with van der Waals surface area (Å²) in [6, 6.07) is 0.106. The minimum absolute atomic E-state index is 0.106. The first-order valence-corrected chi connectivity index (χ1v) is 8.96. The molecule has 4 heteroatoms. The van der Waals surface area contributed by atoms with E-state index in [1.807, 2.05) is 6.20 Å². The SMILES string of the molecule is CCCCCCCCCC(N)c1c(Br)cnn1CCC. The second-order valence-electron chi connectivity index (χ2n) is 5.62. The summed E-state index contributed by atoms with van der Waals surface area (Å²) in [4.78, 5) is 0. The molecule has 3 nitrogen and oxygen atoms in total. The fourth-order valence-corrected chi connectivity index (χ4v) is 3.18. The quantitative estimate of drug-likeness (QED) is 0.561. The predicted molar refractivity (Wildman–Crippen MR) is 89.8 cm³/mol. The molecular weight excluding hydrogens is 314 g/mol. The summed E-state index contributed by atoms with van der Waals surface area (Å²) < 4.78 is 3.11. The van der Waals surface area contributed by atoms with E-state index < -0.39 is 0 Å². The van der Waals surface area contributed by atoms with E-state index in [1.165, 1.54) is 44.9 Å². The van der Waals surface area contributed by atoms with E-state index in [-0.39, 0.29) is 6.04 Å². The maximum Gasteiger partial charge on any atom is 0.0693 e. The maximum absolute atomic E-state index is 6.34. The molecule has 20 heavy (non-hydrogen) atoms. The Hall–Kier alpha value is -0.350. The Bertz CT molecular complexity index is 363. The molecule has 0 spiro atoms. The molecule has 0 aliphatic heterocycles. The van der Waals surface area contributed by atoms with Gasteiger partial charge in [0.25, 0.3) is 0 Å². The van der Waals surface area contributed by atoms with Gasteiger partial charge in [0.05, 0.1) is 16.4 Å². The molecule has 2 N–H and O–H groups in total. The molecule has 0 amide bonds. The van der Waals surface area contributed by atoms with Crippen LogP contribution in [0.25, 0.3) is 0 Å². The van der Waals surface area contributed by atoms with Crippen LogP contribution >= 0.6 is 15.9 Å². The van der Waals surface area contributed by atoms with E-state index in [0.29, 0.717) is 0 Å². The van der Waals surface area contributed by atoms with Crippen LogP contribution in [0.1, 0.15) is 83.4 Å². The zero-order chi connectivity index (χ0) is 14.8. The van der Waals surface area contributed by atoms with Gasteiger partial charge in [0.2, 0.25) is 0 Å². The second-order valence-corrected chi connectivity index (χ2v) is 6.47. The molecule has 0 aromatic carbocycles. The average molecular weight is 344 g/mol. The van der Waals surface area contributed by atoms with Crippen molar-refractivity contribution < 1.29 is 0 Å². The Morgan fingerprint density at radius 3 is 2.40 bits per heavy atom. The molecule has 0 aliphatic rings. The second kappa shape index (κ2) is 10.4. The zero-order valence-corrected chi connectivity index (χ0v) is 14.7. The molecule has 0 saturated carbocycles. The molecule has 1 aromatic heterocycles. The summed E-state index contributed by atoms with van der Waals surface area (Å²) >= 11 is 3.58. The Kier molecular flexibility index (Phi) is 9.19. The summed E-state index contributed by atoms with van der Waals surface area (Å²) in [6.45, 7) is 5.38. The van der Waals surface area contributed by atoms with Crippen LogP contribution in [0.3, 0.4) is 0 Å². The molecule has 1 atom stereocenters. The standard InChI is InChI=1S/C16H30BrN3/c1-3-5-6-7-8-9-10-11-15(18)16-14(17)13-19-20(16)12-4-2/h13,15H,3-12,18H2,1-2H3. The molecule has 0 fully saturated rings. The fourth-order valence-electron chi connectivity index (χ4n) is 2.59. The Balaban J connectivity index is 2.28. The van der Waals surface area contributed by atoms with Gasteiger partial charge in [0.15, 0.2) is 0 Å². The van der Waals surface area contributed by atoms with Gasteiger partial charge in [0, 0.05) is 12.6 Å². The van der Waals surface area contributed by atoms with Gasteiger partial charge in [-0.15, -0.1) is 0 Å². The summed E-state index contributed by atoms with van der Waals surface area (Å²) in [7, 11) is 0. The highest BCUT2D eigenvalue weighted by Crippen LogP contribution is 2.25. The number of unbranched alkanes of at least 4 members (excludes halogenated alkanes) is 6. The molecule has 0 saturated heterocycles. The van der Waals surface area contributed by atoms with Crippen molar-refractivity contribution in [2.75, 3.05) is 0 Å². The average Bonchev–Trinajstić information content (AvgIpc) is 2.79. The first kappa shape index (κ1) is 17.7. The van der Waals surface area contributed by atoms with Gasteiger partial charge in [-0.05, 0) is 28.8 Å². The Morgan fingerprint density at radius 2 is 1.75 bits per heavy atom. The third-order valence-corrected chi connectivity index (χ3v) is 4.35. The van der Waals surface area contributed by atoms with Crippen LogP contribution < -0.4 is 5.73 Å². The molecule has 0 aliphatic carbocycles. The lowest BCUT2D eigenvalue weighted by atomic mass is 10.0. The van der Waals surface area contributed by atoms with Crippen LogP contribution in [0, 0.1) is 0 Å². The first-order valence-electron chi connectivity index (χ1n) is 8.17. The van der Waals surface area contributed by atoms with E-state index in [9.17, 15) is 0 Å². The number of aromatic nitrogens is 2. The fraction of sp³-hybridized carbons (Fsp3) is 0.812. The van der Waals surface area contributed by atoms with E-state index in [2.05, 4.69) is 39.6 Å². The van der Waals surface area contributed by atoms with Gasteiger partial charge in [-0.25, -0.2) is 0 Å². The van der Waals surface area contributed by atoms with Crippen LogP contribution in [-0.4, -0.2) is 9.78 Å². The molecule has 116 valence electrons. The number of rotatable bonds is 11. The van der Waals surface area contributed by atoms with Crippen molar-refractivity contribution in [1.82, 2.24) is 9.78 Å². The number of hydrogen-bond donors (Lipinski definition) is 1. The molecule has 1 rings (SSSR count). The van der Waals surface area contributed by atoms with Gasteiger partial charge in [-0.3, -0.25) is 4.68 Å². The molecule has 0 radical (unpaired) electrons. The zero-order valence-electron chi connectivity index (χ0n) is 13.1. The van der Waals surface area contributed by atoms with Crippen molar-refractivity contribution in [3.63, 3.8) is 0 Å². The minimum atomic E-state index is 0.106. The number of nitrogens with two attached hydrogens (primary N) is 1. The number of halogens is 1. The van der Waals surface area contributed by atoms with Crippen LogP contribution in [-0.2, 0) is 6.54 Å². The van der Waals surface area contributed by atoms with Crippen LogP contribution in [0.4, 0.5) is 0 Å². The van der Waals surface area contributed by atoms with Crippen molar-refractivity contribution >= 4 is 15.9 Å². The van der Waals surface area contributed by atoms with Crippen LogP contribution in [0.15, 0.2) is 10.7 Å². The van der Waals surface area contributed by atoms with Crippen LogP contribution in [0.2, 0.25) is 0 Å². The van der Waals surface area contributed by atoms with Crippen molar-refractivity contribution in [3.05, 3.63) is 16.4 Å².